The Kier molecular flexibility index (Phi) is 7.49. The van der Waals surface area contributed by atoms with Crippen LogP contribution < -0.4 is 4.43 Å². The second-order valence-electron chi connectivity index (χ2n) is 8.99. The normalized spacial score (nSPS) is 12.3. The van der Waals surface area contributed by atoms with Crippen molar-refractivity contribution in [1.29, 1.82) is 0 Å². The van der Waals surface area contributed by atoms with E-state index < -0.39 is 8.32 Å². The second-order valence-corrected chi connectivity index (χ2v) is 15.5. The summed E-state index contributed by atoms with van der Waals surface area (Å²) < 4.78 is 7.14. The van der Waals surface area contributed by atoms with Crippen LogP contribution in [0, 0.1) is 27.7 Å². The molecule has 3 heteroatoms. The molecule has 0 fully saturated rings. The summed E-state index contributed by atoms with van der Waals surface area (Å²) in [5.74, 6) is 1.15. The van der Waals surface area contributed by atoms with Gasteiger partial charge in [-0.1, -0.05) is 71.5 Å². The molecule has 0 aliphatic carbocycles. The van der Waals surface area contributed by atoms with E-state index in [1.165, 1.54) is 32.0 Å². The smallest absolute Gasteiger partial charge is 0.258 e. The summed E-state index contributed by atoms with van der Waals surface area (Å²) in [6, 6.07) is 10.7. The molecule has 0 saturated heterocycles. The van der Waals surface area contributed by atoms with Crippen LogP contribution in [0.15, 0.2) is 40.1 Å². The molecule has 0 aliphatic heterocycles. The Balaban J connectivity index is 2.58. The van der Waals surface area contributed by atoms with Crippen molar-refractivity contribution in [3.05, 3.63) is 52.6 Å². The molecule has 0 atom stereocenters. The topological polar surface area (TPSA) is 9.23 Å². The summed E-state index contributed by atoms with van der Waals surface area (Å²) in [4.78, 5) is 2.66. The van der Waals surface area contributed by atoms with Crippen molar-refractivity contribution in [2.24, 2.45) is 0 Å². The predicted octanol–water partition coefficient (Wildman–Crippen LogP) is 8.63. The summed E-state index contributed by atoms with van der Waals surface area (Å²) >= 11 is 1.87. The maximum absolute atomic E-state index is 7.14. The molecule has 0 unspecified atom stereocenters. The third-order valence-corrected chi connectivity index (χ3v) is 13.7. The zero-order chi connectivity index (χ0) is 21.2. The predicted molar refractivity (Wildman–Crippen MR) is 128 cm³/mol. The number of hydrogen-bond acceptors (Lipinski definition) is 2. The highest BCUT2D eigenvalue weighted by Gasteiger charge is 2.47. The van der Waals surface area contributed by atoms with Gasteiger partial charge in [0, 0.05) is 9.79 Å². The Morgan fingerprint density at radius 2 is 1.11 bits per heavy atom. The van der Waals surface area contributed by atoms with E-state index in [0.29, 0.717) is 16.6 Å². The Morgan fingerprint density at radius 1 is 0.679 bits per heavy atom. The van der Waals surface area contributed by atoms with Crippen LogP contribution in [0.1, 0.15) is 63.8 Å². The Labute approximate surface area is 178 Å². The van der Waals surface area contributed by atoms with Crippen LogP contribution in [-0.2, 0) is 0 Å². The summed E-state index contributed by atoms with van der Waals surface area (Å²) in [5, 5.41) is 0. The fourth-order valence-corrected chi connectivity index (χ4v) is 11.2. The first kappa shape index (κ1) is 23.1. The molecule has 0 N–H and O–H groups in total. The van der Waals surface area contributed by atoms with Crippen molar-refractivity contribution in [2.75, 3.05) is 0 Å². The zero-order valence-electron chi connectivity index (χ0n) is 19.4. The molecule has 154 valence electrons. The number of benzene rings is 2. The molecule has 0 aliphatic rings. The van der Waals surface area contributed by atoms with E-state index >= 15 is 0 Å². The van der Waals surface area contributed by atoms with E-state index in [0.717, 1.165) is 5.75 Å². The van der Waals surface area contributed by atoms with Crippen LogP contribution >= 0.6 is 11.8 Å². The van der Waals surface area contributed by atoms with E-state index in [4.69, 9.17) is 4.43 Å². The van der Waals surface area contributed by atoms with Crippen molar-refractivity contribution >= 4 is 20.1 Å². The van der Waals surface area contributed by atoms with Gasteiger partial charge in [0.15, 0.2) is 0 Å². The summed E-state index contributed by atoms with van der Waals surface area (Å²) in [7, 11) is -1.98. The zero-order valence-corrected chi connectivity index (χ0v) is 21.3. The lowest BCUT2D eigenvalue weighted by Crippen LogP contribution is -2.51. The van der Waals surface area contributed by atoms with Crippen LogP contribution in [0.25, 0.3) is 0 Å². The standard InChI is InChI=1S/C25H38OSSi/c1-16(2)28(17(3)4,18(5)6)26-24-19(7)21(9)25(22(10)20(24)8)27-23-14-12-11-13-15-23/h11-18H,1-10H3. The molecular weight excluding hydrogens is 376 g/mol. The van der Waals surface area contributed by atoms with E-state index in [9.17, 15) is 0 Å². The third kappa shape index (κ3) is 4.21. The van der Waals surface area contributed by atoms with Crippen molar-refractivity contribution in [3.8, 4) is 5.75 Å². The van der Waals surface area contributed by atoms with E-state index in [1.54, 1.807) is 0 Å². The minimum atomic E-state index is -1.98. The van der Waals surface area contributed by atoms with E-state index in [1.807, 2.05) is 11.8 Å². The maximum atomic E-state index is 7.14. The molecular formula is C25H38OSSi. The van der Waals surface area contributed by atoms with Crippen molar-refractivity contribution in [3.63, 3.8) is 0 Å². The highest BCUT2D eigenvalue weighted by molar-refractivity contribution is 7.99. The molecule has 0 amide bonds. The second kappa shape index (κ2) is 9.09. The van der Waals surface area contributed by atoms with Crippen molar-refractivity contribution in [1.82, 2.24) is 0 Å². The van der Waals surface area contributed by atoms with Gasteiger partial charge < -0.3 is 4.43 Å². The van der Waals surface area contributed by atoms with Gasteiger partial charge in [0.05, 0.1) is 0 Å². The van der Waals surface area contributed by atoms with Crippen LogP contribution in [0.4, 0.5) is 0 Å². The largest absolute Gasteiger partial charge is 0.542 e. The van der Waals surface area contributed by atoms with Crippen molar-refractivity contribution < 1.29 is 4.43 Å². The average Bonchev–Trinajstić information content (AvgIpc) is 2.64. The molecule has 1 nitrogen and oxygen atoms in total. The molecule has 0 heterocycles. The molecule has 28 heavy (non-hydrogen) atoms. The van der Waals surface area contributed by atoms with Gasteiger partial charge in [-0.2, -0.15) is 0 Å². The average molecular weight is 415 g/mol. The van der Waals surface area contributed by atoms with Gasteiger partial charge >= 0.3 is 0 Å². The van der Waals surface area contributed by atoms with Gasteiger partial charge in [-0.25, -0.2) is 0 Å². The Bertz CT molecular complexity index is 758. The van der Waals surface area contributed by atoms with Crippen LogP contribution in [0.5, 0.6) is 5.75 Å². The molecule has 0 saturated carbocycles. The Hall–Kier alpha value is -1.19. The van der Waals surface area contributed by atoms with Gasteiger partial charge in [-0.3, -0.25) is 0 Å². The fourth-order valence-electron chi connectivity index (χ4n) is 4.69. The Morgan fingerprint density at radius 3 is 1.50 bits per heavy atom. The summed E-state index contributed by atoms with van der Waals surface area (Å²) in [5.41, 5.74) is 7.04. The first-order valence-corrected chi connectivity index (χ1v) is 13.5. The number of rotatable bonds is 7. The van der Waals surface area contributed by atoms with Crippen LogP contribution in [0.2, 0.25) is 16.6 Å². The first-order chi connectivity index (χ1) is 13.0. The highest BCUT2D eigenvalue weighted by Crippen LogP contribution is 2.47. The quantitative estimate of drug-likeness (QED) is 0.419. The molecule has 2 aromatic rings. The third-order valence-electron chi connectivity index (χ3n) is 6.44. The van der Waals surface area contributed by atoms with E-state index in [2.05, 4.69) is 99.6 Å². The van der Waals surface area contributed by atoms with Gasteiger partial charge in [0.1, 0.15) is 5.75 Å². The van der Waals surface area contributed by atoms with Crippen LogP contribution in [0.3, 0.4) is 0 Å². The van der Waals surface area contributed by atoms with Gasteiger partial charge in [-0.05, 0) is 78.7 Å². The van der Waals surface area contributed by atoms with E-state index in [-0.39, 0.29) is 0 Å². The minimum absolute atomic E-state index is 0.574. The van der Waals surface area contributed by atoms with Crippen LogP contribution in [-0.4, -0.2) is 8.32 Å². The minimum Gasteiger partial charge on any atom is -0.542 e. The van der Waals surface area contributed by atoms with Gasteiger partial charge in [0.2, 0.25) is 0 Å². The molecule has 0 bridgehead atoms. The maximum Gasteiger partial charge on any atom is 0.258 e. The highest BCUT2D eigenvalue weighted by atomic mass is 32.2. The lowest BCUT2D eigenvalue weighted by molar-refractivity contribution is 0.472. The molecule has 0 spiro atoms. The van der Waals surface area contributed by atoms with Gasteiger partial charge in [-0.15, -0.1) is 0 Å². The van der Waals surface area contributed by atoms with Crippen molar-refractivity contribution in [2.45, 2.75) is 95.7 Å². The fraction of sp³-hybridized carbons (Fsp3) is 0.520. The first-order valence-electron chi connectivity index (χ1n) is 10.6. The lowest BCUT2D eigenvalue weighted by Gasteiger charge is -2.43. The molecule has 2 aromatic carbocycles. The van der Waals surface area contributed by atoms with Gasteiger partial charge in [0.25, 0.3) is 8.32 Å². The summed E-state index contributed by atoms with van der Waals surface area (Å²) in [6.45, 7) is 23.1. The monoisotopic (exact) mass is 414 g/mol. The SMILES string of the molecule is Cc1c(C)c(Sc2ccccc2)c(C)c(C)c1O[Si](C(C)C)(C(C)C)C(C)C. The molecule has 0 aromatic heterocycles. The summed E-state index contributed by atoms with van der Waals surface area (Å²) in [6.07, 6.45) is 0. The molecule has 0 radical (unpaired) electrons. The number of hydrogen-bond donors (Lipinski definition) is 0. The lowest BCUT2D eigenvalue weighted by atomic mass is 10.00. The molecule has 2 rings (SSSR count).